The van der Waals surface area contributed by atoms with Crippen LogP contribution in [-0.2, 0) is 22.5 Å². The summed E-state index contributed by atoms with van der Waals surface area (Å²) in [6.45, 7) is 7.98. The van der Waals surface area contributed by atoms with E-state index in [1.807, 2.05) is 26.8 Å². The van der Waals surface area contributed by atoms with Crippen molar-refractivity contribution in [1.29, 1.82) is 5.26 Å². The molecule has 226 valence electrons. The number of rotatable bonds is 8. The van der Waals surface area contributed by atoms with Gasteiger partial charge in [0.1, 0.15) is 33.7 Å². The standard InChI is InChI=1S/C31H34N4O6S2/c1-18(42-20-10-7-9-19(15-20)33-28(37)26-23(39-5)11-8-12-24(26)40-6)27(36)34-29-22(16-32)21-13-14-35(17-25(21)43-29)30(38)41-31(2,3)4/h7-12,15,18H,13-14,17H2,1-6H3,(H,33,37)(H,34,36). The average Bonchev–Trinajstić information content (AvgIpc) is 3.31. The minimum absolute atomic E-state index is 0.266. The molecule has 0 saturated carbocycles. The quantitative estimate of drug-likeness (QED) is 0.280. The lowest BCUT2D eigenvalue weighted by molar-refractivity contribution is -0.115. The van der Waals surface area contributed by atoms with E-state index in [1.54, 1.807) is 48.2 Å². The van der Waals surface area contributed by atoms with Gasteiger partial charge in [-0.2, -0.15) is 5.26 Å². The monoisotopic (exact) mass is 622 g/mol. The normalized spacial score (nSPS) is 13.3. The van der Waals surface area contributed by atoms with Gasteiger partial charge in [-0.15, -0.1) is 23.1 Å². The second kappa shape index (κ2) is 13.4. The number of methoxy groups -OCH3 is 2. The second-order valence-corrected chi connectivity index (χ2v) is 13.3. The zero-order valence-corrected chi connectivity index (χ0v) is 26.5. The van der Waals surface area contributed by atoms with Crippen molar-refractivity contribution < 1.29 is 28.6 Å². The molecule has 0 fully saturated rings. The maximum absolute atomic E-state index is 13.2. The zero-order valence-electron chi connectivity index (χ0n) is 24.9. The van der Waals surface area contributed by atoms with Gasteiger partial charge in [0.15, 0.2) is 0 Å². The SMILES string of the molecule is COc1cccc(OC)c1C(=O)Nc1cccc(SC(C)C(=O)Nc2sc3c(c2C#N)CCN(C(=O)OC(C)(C)C)C3)c1. The molecule has 2 aromatic carbocycles. The van der Waals surface area contributed by atoms with Crippen molar-refractivity contribution in [2.75, 3.05) is 31.4 Å². The van der Waals surface area contributed by atoms with Crippen LogP contribution >= 0.6 is 23.1 Å². The lowest BCUT2D eigenvalue weighted by atomic mass is 10.0. The molecule has 43 heavy (non-hydrogen) atoms. The van der Waals surface area contributed by atoms with Crippen molar-refractivity contribution >= 4 is 51.7 Å². The summed E-state index contributed by atoms with van der Waals surface area (Å²) in [4.78, 5) is 42.1. The number of nitrogens with one attached hydrogen (secondary N) is 2. The molecule has 4 rings (SSSR count). The summed E-state index contributed by atoms with van der Waals surface area (Å²) in [6.07, 6.45) is 0.106. The molecule has 0 radical (unpaired) electrons. The fraction of sp³-hybridized carbons (Fsp3) is 0.355. The number of carbonyl (C=O) groups is 3. The molecule has 1 aromatic heterocycles. The highest BCUT2D eigenvalue weighted by molar-refractivity contribution is 8.00. The molecular weight excluding hydrogens is 588 g/mol. The van der Waals surface area contributed by atoms with Crippen molar-refractivity contribution in [3.05, 3.63) is 64.0 Å². The lowest BCUT2D eigenvalue weighted by Gasteiger charge is -2.29. The summed E-state index contributed by atoms with van der Waals surface area (Å²) in [5.74, 6) is 0.116. The number of amides is 3. The Bertz CT molecular complexity index is 1550. The van der Waals surface area contributed by atoms with Crippen LogP contribution in [0.5, 0.6) is 11.5 Å². The number of nitriles is 1. The van der Waals surface area contributed by atoms with Gasteiger partial charge in [0.05, 0.1) is 31.6 Å². The molecule has 0 aliphatic carbocycles. The molecule has 2 heterocycles. The molecule has 3 amide bonds. The van der Waals surface area contributed by atoms with Crippen LogP contribution in [0.25, 0.3) is 0 Å². The summed E-state index contributed by atoms with van der Waals surface area (Å²) in [7, 11) is 2.97. The summed E-state index contributed by atoms with van der Waals surface area (Å²) < 4.78 is 16.2. The van der Waals surface area contributed by atoms with Gasteiger partial charge in [-0.1, -0.05) is 12.1 Å². The largest absolute Gasteiger partial charge is 0.496 e. The van der Waals surface area contributed by atoms with Crippen molar-refractivity contribution in [3.63, 3.8) is 0 Å². The van der Waals surface area contributed by atoms with Gasteiger partial charge in [0.25, 0.3) is 5.91 Å². The first-order valence-corrected chi connectivity index (χ1v) is 15.3. The van der Waals surface area contributed by atoms with Gasteiger partial charge in [0.2, 0.25) is 5.91 Å². The van der Waals surface area contributed by atoms with E-state index in [0.717, 1.165) is 15.3 Å². The van der Waals surface area contributed by atoms with E-state index >= 15 is 0 Å². The Morgan fingerprint density at radius 1 is 1.07 bits per heavy atom. The predicted molar refractivity (Wildman–Crippen MR) is 167 cm³/mol. The van der Waals surface area contributed by atoms with Crippen molar-refractivity contribution in [1.82, 2.24) is 4.90 Å². The highest BCUT2D eigenvalue weighted by Gasteiger charge is 2.30. The first-order chi connectivity index (χ1) is 20.4. The summed E-state index contributed by atoms with van der Waals surface area (Å²) in [5.41, 5.74) is 1.51. The summed E-state index contributed by atoms with van der Waals surface area (Å²) >= 11 is 2.63. The topological polar surface area (TPSA) is 130 Å². The van der Waals surface area contributed by atoms with Crippen LogP contribution < -0.4 is 20.1 Å². The summed E-state index contributed by atoms with van der Waals surface area (Å²) in [6, 6.07) is 14.5. The molecule has 0 saturated heterocycles. The van der Waals surface area contributed by atoms with Crippen LogP contribution in [0.3, 0.4) is 0 Å². The third-order valence-electron chi connectivity index (χ3n) is 6.49. The van der Waals surface area contributed by atoms with E-state index in [-0.39, 0.29) is 11.5 Å². The molecule has 1 aliphatic rings. The Kier molecular flexibility index (Phi) is 9.88. The minimum atomic E-state index is -0.605. The lowest BCUT2D eigenvalue weighted by Crippen LogP contribution is -2.39. The highest BCUT2D eigenvalue weighted by atomic mass is 32.2. The fourth-order valence-corrected chi connectivity index (χ4v) is 6.62. The van der Waals surface area contributed by atoms with E-state index < -0.39 is 22.9 Å². The number of anilines is 2. The number of nitrogens with zero attached hydrogens (tertiary/aromatic N) is 2. The Hall–Kier alpha value is -4.21. The van der Waals surface area contributed by atoms with Crippen LogP contribution in [0.1, 0.15) is 54.1 Å². The zero-order chi connectivity index (χ0) is 31.3. The van der Waals surface area contributed by atoms with Crippen LogP contribution in [0, 0.1) is 11.3 Å². The number of carbonyl (C=O) groups excluding carboxylic acids is 3. The number of thioether (sulfide) groups is 1. The summed E-state index contributed by atoms with van der Waals surface area (Å²) in [5, 5.41) is 15.6. The number of thiophene rings is 1. The predicted octanol–water partition coefficient (Wildman–Crippen LogP) is 6.30. The van der Waals surface area contributed by atoms with Gasteiger partial charge >= 0.3 is 6.09 Å². The molecular formula is C31H34N4O6S2. The van der Waals surface area contributed by atoms with Crippen LogP contribution in [-0.4, -0.2) is 54.4 Å². The molecule has 2 N–H and O–H groups in total. The smallest absolute Gasteiger partial charge is 0.410 e. The molecule has 1 unspecified atom stereocenters. The Morgan fingerprint density at radius 2 is 1.74 bits per heavy atom. The molecule has 0 bridgehead atoms. The third-order valence-corrected chi connectivity index (χ3v) is 8.71. The Morgan fingerprint density at radius 3 is 2.37 bits per heavy atom. The number of fused-ring (bicyclic) bond motifs is 1. The van der Waals surface area contributed by atoms with E-state index in [0.29, 0.717) is 47.3 Å². The maximum atomic E-state index is 13.2. The third kappa shape index (κ3) is 7.60. The second-order valence-electron chi connectivity index (χ2n) is 10.7. The fourth-order valence-electron chi connectivity index (χ4n) is 4.48. The van der Waals surface area contributed by atoms with Gasteiger partial charge in [-0.25, -0.2) is 4.79 Å². The Labute approximate surface area is 259 Å². The highest BCUT2D eigenvalue weighted by Crippen LogP contribution is 2.38. The molecule has 12 heteroatoms. The minimum Gasteiger partial charge on any atom is -0.496 e. The number of benzene rings is 2. The maximum Gasteiger partial charge on any atom is 0.410 e. The number of ether oxygens (including phenoxy) is 3. The molecule has 10 nitrogen and oxygen atoms in total. The van der Waals surface area contributed by atoms with Crippen molar-refractivity contribution in [3.8, 4) is 17.6 Å². The van der Waals surface area contributed by atoms with Crippen molar-refractivity contribution in [2.45, 2.75) is 56.4 Å². The van der Waals surface area contributed by atoms with Gasteiger partial charge in [-0.05, 0) is 70.0 Å². The van der Waals surface area contributed by atoms with Crippen LogP contribution in [0.4, 0.5) is 15.5 Å². The van der Waals surface area contributed by atoms with E-state index in [9.17, 15) is 19.6 Å². The Balaban J connectivity index is 1.42. The van der Waals surface area contributed by atoms with Gasteiger partial charge < -0.3 is 29.7 Å². The number of hydrogen-bond acceptors (Lipinski definition) is 9. The van der Waals surface area contributed by atoms with E-state index in [2.05, 4.69) is 16.7 Å². The molecule has 3 aromatic rings. The van der Waals surface area contributed by atoms with Crippen molar-refractivity contribution in [2.24, 2.45) is 0 Å². The van der Waals surface area contributed by atoms with Gasteiger partial charge in [0, 0.05) is 22.0 Å². The van der Waals surface area contributed by atoms with E-state index in [1.165, 1.54) is 37.3 Å². The first-order valence-electron chi connectivity index (χ1n) is 13.6. The molecule has 1 atom stereocenters. The van der Waals surface area contributed by atoms with Crippen LogP contribution in [0.15, 0.2) is 47.4 Å². The average molecular weight is 623 g/mol. The van der Waals surface area contributed by atoms with Crippen LogP contribution in [0.2, 0.25) is 0 Å². The number of hydrogen-bond donors (Lipinski definition) is 2. The van der Waals surface area contributed by atoms with Gasteiger partial charge in [-0.3, -0.25) is 9.59 Å². The molecule has 0 spiro atoms. The molecule has 1 aliphatic heterocycles. The van der Waals surface area contributed by atoms with E-state index in [4.69, 9.17) is 14.2 Å². The first kappa shape index (κ1) is 31.7.